The van der Waals surface area contributed by atoms with E-state index in [-0.39, 0.29) is 0 Å². The van der Waals surface area contributed by atoms with Gasteiger partial charge < -0.3 is 0 Å². The summed E-state index contributed by atoms with van der Waals surface area (Å²) >= 11 is 5.74. The highest BCUT2D eigenvalue weighted by Gasteiger charge is 2.22. The molecule has 15 heavy (non-hydrogen) atoms. The van der Waals surface area contributed by atoms with E-state index in [0.29, 0.717) is 0 Å². The van der Waals surface area contributed by atoms with E-state index >= 15 is 0 Å². The van der Waals surface area contributed by atoms with Crippen molar-refractivity contribution in [1.82, 2.24) is 25.1 Å². The molecular formula is C9H16ClN5. The molecule has 1 aliphatic heterocycles. The molecule has 6 heteroatoms. The van der Waals surface area contributed by atoms with Gasteiger partial charge >= 0.3 is 0 Å². The Balaban J connectivity index is 1.82. The van der Waals surface area contributed by atoms with Crippen LogP contribution in [0.5, 0.6) is 0 Å². The Morgan fingerprint density at radius 2 is 2.40 bits per heavy atom. The smallest absolute Gasteiger partial charge is 0.188 e. The average Bonchev–Trinajstić information content (AvgIpc) is 2.78. The van der Waals surface area contributed by atoms with Crippen molar-refractivity contribution in [3.05, 3.63) is 5.82 Å². The molecule has 0 spiro atoms. The van der Waals surface area contributed by atoms with E-state index in [0.717, 1.165) is 43.7 Å². The van der Waals surface area contributed by atoms with E-state index in [9.17, 15) is 0 Å². The summed E-state index contributed by atoms with van der Waals surface area (Å²) in [6.07, 6.45) is 2.36. The van der Waals surface area contributed by atoms with Gasteiger partial charge in [-0.3, -0.25) is 4.90 Å². The van der Waals surface area contributed by atoms with Crippen molar-refractivity contribution < 1.29 is 0 Å². The minimum absolute atomic E-state index is 0.749. The first-order chi connectivity index (χ1) is 7.28. The van der Waals surface area contributed by atoms with Gasteiger partial charge in [0, 0.05) is 12.4 Å². The first-order valence-electron chi connectivity index (χ1n) is 5.29. The molecule has 0 N–H and O–H groups in total. The normalized spacial score (nSPS) is 22.4. The van der Waals surface area contributed by atoms with E-state index < -0.39 is 0 Å². The molecule has 2 rings (SSSR count). The van der Waals surface area contributed by atoms with Crippen LogP contribution in [0.1, 0.15) is 18.7 Å². The van der Waals surface area contributed by atoms with Gasteiger partial charge in [-0.25, -0.2) is 0 Å². The van der Waals surface area contributed by atoms with Crippen LogP contribution in [0.2, 0.25) is 0 Å². The van der Waals surface area contributed by atoms with Gasteiger partial charge in [0.05, 0.1) is 13.6 Å². The van der Waals surface area contributed by atoms with Crippen molar-refractivity contribution in [3.8, 4) is 0 Å². The van der Waals surface area contributed by atoms with Crippen molar-refractivity contribution in [1.29, 1.82) is 0 Å². The molecule has 2 heterocycles. The molecule has 84 valence electrons. The second-order valence-corrected chi connectivity index (χ2v) is 4.44. The average molecular weight is 230 g/mol. The maximum Gasteiger partial charge on any atom is 0.188 e. The number of hydrogen-bond acceptors (Lipinski definition) is 4. The summed E-state index contributed by atoms with van der Waals surface area (Å²) in [5.41, 5.74) is 0. The summed E-state index contributed by atoms with van der Waals surface area (Å²) in [5, 5.41) is 12.0. The lowest BCUT2D eigenvalue weighted by Gasteiger charge is -2.12. The maximum absolute atomic E-state index is 5.74. The lowest BCUT2D eigenvalue weighted by atomic mass is 10.1. The second kappa shape index (κ2) is 4.90. The third-order valence-corrected chi connectivity index (χ3v) is 3.02. The minimum Gasteiger partial charge on any atom is -0.296 e. The molecule has 5 nitrogen and oxygen atoms in total. The van der Waals surface area contributed by atoms with Crippen LogP contribution in [0.3, 0.4) is 0 Å². The van der Waals surface area contributed by atoms with Crippen molar-refractivity contribution >= 4 is 11.6 Å². The first kappa shape index (κ1) is 10.8. The highest BCUT2D eigenvalue weighted by molar-refractivity contribution is 6.17. The summed E-state index contributed by atoms with van der Waals surface area (Å²) in [6, 6.07) is 0. The number of rotatable bonds is 4. The fourth-order valence-electron chi connectivity index (χ4n) is 2.03. The van der Waals surface area contributed by atoms with Crippen molar-refractivity contribution in [2.75, 3.05) is 19.0 Å². The molecule has 1 atom stereocenters. The molecule has 1 aromatic heterocycles. The van der Waals surface area contributed by atoms with E-state index in [2.05, 4.69) is 20.3 Å². The van der Waals surface area contributed by atoms with Crippen LogP contribution in [0, 0.1) is 5.92 Å². The Morgan fingerprint density at radius 3 is 3.07 bits per heavy atom. The lowest BCUT2D eigenvalue weighted by molar-refractivity contribution is 0.307. The Kier molecular flexibility index (Phi) is 3.53. The monoisotopic (exact) mass is 229 g/mol. The number of aromatic nitrogens is 4. The second-order valence-electron chi connectivity index (χ2n) is 4.06. The van der Waals surface area contributed by atoms with Crippen LogP contribution in [0.25, 0.3) is 0 Å². The van der Waals surface area contributed by atoms with Crippen LogP contribution < -0.4 is 0 Å². The molecule has 0 saturated carbocycles. The van der Waals surface area contributed by atoms with Crippen molar-refractivity contribution in [3.63, 3.8) is 0 Å². The molecule has 1 aliphatic rings. The molecule has 1 unspecified atom stereocenters. The number of likely N-dealkylation sites (tertiary alicyclic amines) is 1. The number of alkyl halides is 1. The van der Waals surface area contributed by atoms with Crippen molar-refractivity contribution in [2.24, 2.45) is 13.0 Å². The quantitative estimate of drug-likeness (QED) is 0.712. The zero-order chi connectivity index (χ0) is 10.7. The molecule has 1 fully saturated rings. The Bertz CT molecular complexity index is 313. The van der Waals surface area contributed by atoms with E-state index in [1.54, 1.807) is 7.05 Å². The summed E-state index contributed by atoms with van der Waals surface area (Å²) in [6.45, 7) is 3.05. The minimum atomic E-state index is 0.749. The zero-order valence-corrected chi connectivity index (χ0v) is 9.69. The van der Waals surface area contributed by atoms with Gasteiger partial charge in [-0.15, -0.1) is 21.8 Å². The Hall–Kier alpha value is -0.680. The molecule has 1 saturated heterocycles. The third kappa shape index (κ3) is 2.89. The van der Waals surface area contributed by atoms with Gasteiger partial charge in [-0.05, 0) is 30.5 Å². The summed E-state index contributed by atoms with van der Waals surface area (Å²) < 4.78 is 0. The molecule has 0 radical (unpaired) electrons. The maximum atomic E-state index is 5.74. The highest BCUT2D eigenvalue weighted by atomic mass is 35.5. The Morgan fingerprint density at radius 1 is 1.53 bits per heavy atom. The molecule has 0 bridgehead atoms. The fourth-order valence-corrected chi connectivity index (χ4v) is 2.34. The van der Waals surface area contributed by atoms with E-state index in [1.165, 1.54) is 11.2 Å². The van der Waals surface area contributed by atoms with Crippen LogP contribution >= 0.6 is 11.6 Å². The first-order valence-corrected chi connectivity index (χ1v) is 5.82. The fraction of sp³-hybridized carbons (Fsp3) is 0.889. The predicted molar refractivity (Wildman–Crippen MR) is 57.5 cm³/mol. The van der Waals surface area contributed by atoms with E-state index in [4.69, 9.17) is 11.6 Å². The van der Waals surface area contributed by atoms with Gasteiger partial charge in [0.1, 0.15) is 0 Å². The SMILES string of the molecule is Cn1nnc(CN2CCC(CCCl)C2)n1. The number of tetrazole rings is 1. The van der Waals surface area contributed by atoms with Crippen LogP contribution in [0.15, 0.2) is 0 Å². The largest absolute Gasteiger partial charge is 0.296 e. The summed E-state index contributed by atoms with van der Waals surface area (Å²) in [7, 11) is 1.79. The molecular weight excluding hydrogens is 214 g/mol. The van der Waals surface area contributed by atoms with Crippen molar-refractivity contribution in [2.45, 2.75) is 19.4 Å². The zero-order valence-electron chi connectivity index (χ0n) is 8.93. The number of halogens is 1. The molecule has 0 aliphatic carbocycles. The van der Waals surface area contributed by atoms with Gasteiger partial charge in [0.25, 0.3) is 0 Å². The van der Waals surface area contributed by atoms with Gasteiger partial charge in [0.2, 0.25) is 0 Å². The summed E-state index contributed by atoms with van der Waals surface area (Å²) in [5.74, 6) is 2.32. The highest BCUT2D eigenvalue weighted by Crippen LogP contribution is 2.20. The van der Waals surface area contributed by atoms with E-state index in [1.807, 2.05) is 0 Å². The molecule has 0 aromatic carbocycles. The number of hydrogen-bond donors (Lipinski definition) is 0. The summed E-state index contributed by atoms with van der Waals surface area (Å²) in [4.78, 5) is 3.87. The standard InChI is InChI=1S/C9H16ClN5/c1-14-12-9(11-13-14)7-15-5-3-8(6-15)2-4-10/h8H,2-7H2,1H3. The lowest BCUT2D eigenvalue weighted by Crippen LogP contribution is -2.21. The van der Waals surface area contributed by atoms with Gasteiger partial charge in [0.15, 0.2) is 5.82 Å². The molecule has 0 amide bonds. The van der Waals surface area contributed by atoms with Gasteiger partial charge in [-0.1, -0.05) is 0 Å². The Labute approximate surface area is 94.4 Å². The third-order valence-electron chi connectivity index (χ3n) is 2.80. The number of nitrogens with zero attached hydrogens (tertiary/aromatic N) is 5. The van der Waals surface area contributed by atoms with Gasteiger partial charge in [-0.2, -0.15) is 4.80 Å². The van der Waals surface area contributed by atoms with Crippen LogP contribution in [-0.4, -0.2) is 44.1 Å². The van der Waals surface area contributed by atoms with Crippen LogP contribution in [0.4, 0.5) is 0 Å². The van der Waals surface area contributed by atoms with Crippen LogP contribution in [-0.2, 0) is 13.6 Å². The predicted octanol–water partition coefficient (Wildman–Crippen LogP) is 0.661. The number of aryl methyl sites for hydroxylation is 1. The molecule has 1 aromatic rings. The topological polar surface area (TPSA) is 46.8 Å².